The first-order valence-corrected chi connectivity index (χ1v) is 9.44. The summed E-state index contributed by atoms with van der Waals surface area (Å²) in [5.41, 5.74) is 4.02. The maximum atomic E-state index is 9.41. The Morgan fingerprint density at radius 1 is 1.15 bits per heavy atom. The van der Waals surface area contributed by atoms with Crippen molar-refractivity contribution in [2.45, 2.75) is 19.4 Å². The number of morpholine rings is 1. The van der Waals surface area contributed by atoms with Gasteiger partial charge in [0.2, 0.25) is 0 Å². The molecule has 0 spiro atoms. The second-order valence-corrected chi connectivity index (χ2v) is 6.71. The van der Waals surface area contributed by atoms with Crippen LogP contribution in [-0.2, 0) is 4.74 Å². The van der Waals surface area contributed by atoms with Gasteiger partial charge in [0.25, 0.3) is 0 Å². The third kappa shape index (κ3) is 3.74. The van der Waals surface area contributed by atoms with Gasteiger partial charge in [0.05, 0.1) is 37.8 Å². The van der Waals surface area contributed by atoms with Gasteiger partial charge in [0.1, 0.15) is 5.82 Å². The van der Waals surface area contributed by atoms with Crippen LogP contribution in [-0.4, -0.2) is 58.7 Å². The minimum Gasteiger partial charge on any atom is -0.394 e. The van der Waals surface area contributed by atoms with E-state index in [0.29, 0.717) is 0 Å². The summed E-state index contributed by atoms with van der Waals surface area (Å²) >= 11 is 0. The third-order valence-corrected chi connectivity index (χ3v) is 4.97. The van der Waals surface area contributed by atoms with Crippen LogP contribution in [0.15, 0.2) is 42.6 Å². The number of nitrogens with zero attached hydrogens (tertiary/aromatic N) is 4. The van der Waals surface area contributed by atoms with Gasteiger partial charge in [-0.1, -0.05) is 19.1 Å². The Kier molecular flexibility index (Phi) is 5.22. The average molecular weight is 367 g/mol. The van der Waals surface area contributed by atoms with Crippen molar-refractivity contribution in [2.24, 2.45) is 0 Å². The van der Waals surface area contributed by atoms with Gasteiger partial charge >= 0.3 is 0 Å². The Morgan fingerprint density at radius 3 is 2.63 bits per heavy atom. The highest BCUT2D eigenvalue weighted by Crippen LogP contribution is 2.25. The molecule has 1 aliphatic rings. The number of anilines is 2. The number of ether oxygens (including phenoxy) is 1. The molecule has 1 fully saturated rings. The maximum Gasteiger partial charge on any atom is 0.154 e. The molecule has 3 heterocycles. The number of fused-ring (bicyclic) bond motifs is 1. The van der Waals surface area contributed by atoms with Gasteiger partial charge in [-0.2, -0.15) is 0 Å². The summed E-state index contributed by atoms with van der Waals surface area (Å²) in [5.74, 6) is 0.729. The van der Waals surface area contributed by atoms with Crippen molar-refractivity contribution in [1.29, 1.82) is 0 Å². The molecule has 3 aromatic rings. The molecular weight excluding hydrogens is 342 g/mol. The van der Waals surface area contributed by atoms with Gasteiger partial charge in [0, 0.05) is 24.3 Å². The van der Waals surface area contributed by atoms with E-state index in [1.54, 1.807) is 0 Å². The van der Waals surface area contributed by atoms with Crippen LogP contribution in [0.1, 0.15) is 13.3 Å². The van der Waals surface area contributed by atoms with Crippen molar-refractivity contribution in [3.63, 3.8) is 0 Å². The Bertz CT molecular complexity index is 883. The van der Waals surface area contributed by atoms with Crippen molar-refractivity contribution < 1.29 is 9.84 Å². The van der Waals surface area contributed by atoms with Gasteiger partial charge in [-0.05, 0) is 30.7 Å². The number of aliphatic hydroxyl groups excluding tert-OH is 1. The second kappa shape index (κ2) is 7.94. The molecule has 1 saturated heterocycles. The fourth-order valence-electron chi connectivity index (χ4n) is 3.30. The van der Waals surface area contributed by atoms with E-state index in [9.17, 15) is 5.11 Å². The lowest BCUT2D eigenvalue weighted by atomic mass is 10.1. The summed E-state index contributed by atoms with van der Waals surface area (Å²) < 4.78 is 7.27. The monoisotopic (exact) mass is 367 g/mol. The fraction of sp³-hybridized carbons (Fsp3) is 0.400. The lowest BCUT2D eigenvalue weighted by Crippen LogP contribution is -2.36. The Labute approximate surface area is 158 Å². The van der Waals surface area contributed by atoms with Crippen LogP contribution >= 0.6 is 0 Å². The minimum absolute atomic E-state index is 0.00488. The number of aromatic nitrogens is 3. The zero-order valence-corrected chi connectivity index (χ0v) is 15.5. The van der Waals surface area contributed by atoms with Crippen molar-refractivity contribution >= 4 is 17.2 Å². The lowest BCUT2D eigenvalue weighted by Gasteiger charge is -2.28. The van der Waals surface area contributed by atoms with Gasteiger partial charge in [-0.25, -0.2) is 9.50 Å². The summed E-state index contributed by atoms with van der Waals surface area (Å²) in [6.45, 7) is 5.52. The molecule has 1 aromatic carbocycles. The zero-order chi connectivity index (χ0) is 18.6. The fourth-order valence-corrected chi connectivity index (χ4v) is 3.30. The average Bonchev–Trinajstić information content (AvgIpc) is 3.16. The summed E-state index contributed by atoms with van der Waals surface area (Å²) in [7, 11) is 0. The first-order chi connectivity index (χ1) is 13.3. The molecule has 2 N–H and O–H groups in total. The number of imidazole rings is 1. The van der Waals surface area contributed by atoms with Crippen LogP contribution in [0.3, 0.4) is 0 Å². The summed E-state index contributed by atoms with van der Waals surface area (Å²) in [6.07, 6.45) is 2.68. The highest BCUT2D eigenvalue weighted by atomic mass is 16.5. The predicted octanol–water partition coefficient (Wildman–Crippen LogP) is 2.42. The van der Waals surface area contributed by atoms with E-state index in [-0.39, 0.29) is 12.6 Å². The van der Waals surface area contributed by atoms with Crippen LogP contribution in [0.25, 0.3) is 16.9 Å². The van der Waals surface area contributed by atoms with Crippen LogP contribution in [0.4, 0.5) is 11.5 Å². The minimum atomic E-state index is -0.00488. The lowest BCUT2D eigenvalue weighted by molar-refractivity contribution is 0.122. The molecule has 2 aromatic heterocycles. The summed E-state index contributed by atoms with van der Waals surface area (Å²) in [6, 6.07) is 12.3. The largest absolute Gasteiger partial charge is 0.394 e. The standard InChI is InChI=1S/C20H25N5O2/c1-2-16(14-26)22-19-7-8-20-21-13-18(25(20)23-19)15-3-5-17(6-4-15)24-9-11-27-12-10-24/h3-8,13,16,26H,2,9-12,14H2,1H3,(H,22,23). The van der Waals surface area contributed by atoms with E-state index < -0.39 is 0 Å². The molecule has 0 aliphatic carbocycles. The molecule has 7 heteroatoms. The Balaban J connectivity index is 1.60. The maximum absolute atomic E-state index is 9.41. The highest BCUT2D eigenvalue weighted by molar-refractivity contribution is 5.66. The molecule has 1 unspecified atom stereocenters. The number of hydrogen-bond donors (Lipinski definition) is 2. The molecule has 7 nitrogen and oxygen atoms in total. The quantitative estimate of drug-likeness (QED) is 0.697. The molecule has 0 radical (unpaired) electrons. The van der Waals surface area contributed by atoms with Crippen molar-refractivity contribution in [3.8, 4) is 11.3 Å². The van der Waals surface area contributed by atoms with Crippen LogP contribution in [0.5, 0.6) is 0 Å². The van der Waals surface area contributed by atoms with Crippen molar-refractivity contribution in [3.05, 3.63) is 42.6 Å². The molecule has 0 saturated carbocycles. The first kappa shape index (κ1) is 17.8. The van der Waals surface area contributed by atoms with E-state index in [0.717, 1.165) is 55.4 Å². The van der Waals surface area contributed by atoms with Crippen LogP contribution < -0.4 is 10.2 Å². The molecule has 1 atom stereocenters. The van der Waals surface area contributed by atoms with Crippen molar-refractivity contribution in [2.75, 3.05) is 43.1 Å². The smallest absolute Gasteiger partial charge is 0.154 e. The van der Waals surface area contributed by atoms with E-state index in [4.69, 9.17) is 4.74 Å². The molecule has 142 valence electrons. The third-order valence-electron chi connectivity index (χ3n) is 4.97. The van der Waals surface area contributed by atoms with E-state index >= 15 is 0 Å². The summed E-state index contributed by atoms with van der Waals surface area (Å²) in [5, 5.41) is 17.3. The SMILES string of the molecule is CCC(CO)Nc1ccc2ncc(-c3ccc(N4CCOCC4)cc3)n2n1. The van der Waals surface area contributed by atoms with E-state index in [2.05, 4.69) is 44.6 Å². The second-order valence-electron chi connectivity index (χ2n) is 6.71. The van der Waals surface area contributed by atoms with Crippen LogP contribution in [0.2, 0.25) is 0 Å². The number of aliphatic hydroxyl groups is 1. The highest BCUT2D eigenvalue weighted by Gasteiger charge is 2.13. The summed E-state index contributed by atoms with van der Waals surface area (Å²) in [4.78, 5) is 6.80. The zero-order valence-electron chi connectivity index (χ0n) is 15.5. The number of rotatable bonds is 6. The van der Waals surface area contributed by atoms with Gasteiger partial charge in [-0.15, -0.1) is 5.10 Å². The van der Waals surface area contributed by atoms with Gasteiger partial charge < -0.3 is 20.1 Å². The topological polar surface area (TPSA) is 74.9 Å². The Hall–Kier alpha value is -2.64. The number of benzene rings is 1. The normalized spacial score (nSPS) is 15.9. The molecule has 27 heavy (non-hydrogen) atoms. The molecule has 0 bridgehead atoms. The molecular formula is C20H25N5O2. The van der Waals surface area contributed by atoms with Gasteiger partial charge in [-0.3, -0.25) is 0 Å². The number of nitrogens with one attached hydrogen (secondary N) is 1. The van der Waals surface area contributed by atoms with E-state index in [1.165, 1.54) is 5.69 Å². The van der Waals surface area contributed by atoms with Crippen LogP contribution in [0, 0.1) is 0 Å². The molecule has 0 amide bonds. The molecule has 4 rings (SSSR count). The van der Waals surface area contributed by atoms with E-state index in [1.807, 2.05) is 29.8 Å². The van der Waals surface area contributed by atoms with Crippen molar-refractivity contribution in [1.82, 2.24) is 14.6 Å². The number of hydrogen-bond acceptors (Lipinski definition) is 6. The predicted molar refractivity (Wildman–Crippen MR) is 106 cm³/mol. The molecule has 1 aliphatic heterocycles. The van der Waals surface area contributed by atoms with Gasteiger partial charge in [0.15, 0.2) is 5.65 Å². The Morgan fingerprint density at radius 2 is 1.93 bits per heavy atom. The first-order valence-electron chi connectivity index (χ1n) is 9.44.